The maximum absolute atomic E-state index is 11.6. The van der Waals surface area contributed by atoms with Crippen molar-refractivity contribution in [2.75, 3.05) is 5.75 Å². The van der Waals surface area contributed by atoms with E-state index in [1.807, 2.05) is 13.8 Å². The molecule has 15 heavy (non-hydrogen) atoms. The zero-order chi connectivity index (χ0) is 11.5. The molecule has 4 nitrogen and oxygen atoms in total. The predicted molar refractivity (Wildman–Crippen MR) is 62.1 cm³/mol. The van der Waals surface area contributed by atoms with E-state index in [0.29, 0.717) is 6.42 Å². The Balaban J connectivity index is 2.57. The number of hydrogen-bond acceptors (Lipinski definition) is 3. The first-order chi connectivity index (χ1) is 6.87. The summed E-state index contributed by atoms with van der Waals surface area (Å²) >= 11 is 0. The van der Waals surface area contributed by atoms with Gasteiger partial charge in [-0.1, -0.05) is 6.92 Å². The van der Waals surface area contributed by atoms with Gasteiger partial charge in [-0.3, -0.25) is 0 Å². The third kappa shape index (κ3) is 4.09. The van der Waals surface area contributed by atoms with Gasteiger partial charge in [0, 0.05) is 11.6 Å². The average Bonchev–Trinajstić information content (AvgIpc) is 2.09. The molecule has 0 bridgehead atoms. The van der Waals surface area contributed by atoms with Crippen molar-refractivity contribution in [3.63, 3.8) is 0 Å². The van der Waals surface area contributed by atoms with Gasteiger partial charge in [0.25, 0.3) is 0 Å². The molecule has 0 radical (unpaired) electrons. The minimum Gasteiger partial charge on any atom is -0.328 e. The quantitative estimate of drug-likeness (QED) is 0.761. The summed E-state index contributed by atoms with van der Waals surface area (Å²) in [5.41, 5.74) is 5.53. The molecule has 90 valence electrons. The van der Waals surface area contributed by atoms with Crippen molar-refractivity contribution in [2.24, 2.45) is 5.73 Å². The van der Waals surface area contributed by atoms with Gasteiger partial charge >= 0.3 is 0 Å². The van der Waals surface area contributed by atoms with Crippen LogP contribution in [-0.2, 0) is 10.0 Å². The molecule has 5 heteroatoms. The van der Waals surface area contributed by atoms with Crippen molar-refractivity contribution in [2.45, 2.75) is 57.5 Å². The summed E-state index contributed by atoms with van der Waals surface area (Å²) in [7, 11) is -3.10. The molecule has 0 aromatic carbocycles. The average molecular weight is 234 g/mol. The molecule has 0 aliphatic heterocycles. The minimum absolute atomic E-state index is 0.217. The summed E-state index contributed by atoms with van der Waals surface area (Å²) < 4.78 is 26.1. The van der Waals surface area contributed by atoms with Crippen LogP contribution in [0.1, 0.15) is 46.0 Å². The Morgan fingerprint density at radius 2 is 1.93 bits per heavy atom. The largest absolute Gasteiger partial charge is 0.328 e. The van der Waals surface area contributed by atoms with E-state index in [0.717, 1.165) is 25.7 Å². The smallest absolute Gasteiger partial charge is 0.212 e. The van der Waals surface area contributed by atoms with Crippen LogP contribution in [0.5, 0.6) is 0 Å². The van der Waals surface area contributed by atoms with Crippen molar-refractivity contribution in [1.82, 2.24) is 4.72 Å². The Morgan fingerprint density at radius 3 is 2.40 bits per heavy atom. The molecule has 0 saturated heterocycles. The summed E-state index contributed by atoms with van der Waals surface area (Å²) in [5.74, 6) is 0.217. The lowest BCUT2D eigenvalue weighted by Crippen LogP contribution is -2.50. The molecule has 0 heterocycles. The fourth-order valence-corrected chi connectivity index (χ4v) is 3.67. The summed E-state index contributed by atoms with van der Waals surface area (Å²) in [5, 5.41) is 0. The first-order valence-electron chi connectivity index (χ1n) is 5.64. The number of nitrogens with two attached hydrogens (primary N) is 1. The van der Waals surface area contributed by atoms with Gasteiger partial charge in [0.1, 0.15) is 0 Å². The van der Waals surface area contributed by atoms with E-state index in [4.69, 9.17) is 5.73 Å². The van der Waals surface area contributed by atoms with Crippen LogP contribution in [0.15, 0.2) is 0 Å². The van der Waals surface area contributed by atoms with Crippen molar-refractivity contribution in [3.8, 4) is 0 Å². The maximum Gasteiger partial charge on any atom is 0.212 e. The highest BCUT2D eigenvalue weighted by Crippen LogP contribution is 2.27. The molecule has 0 unspecified atom stereocenters. The van der Waals surface area contributed by atoms with Crippen LogP contribution < -0.4 is 10.5 Å². The van der Waals surface area contributed by atoms with Gasteiger partial charge in [0.05, 0.1) is 5.75 Å². The number of sulfonamides is 1. The Hall–Kier alpha value is -0.130. The lowest BCUT2D eigenvalue weighted by molar-refractivity contribution is 0.271. The van der Waals surface area contributed by atoms with Crippen molar-refractivity contribution < 1.29 is 8.42 Å². The lowest BCUT2D eigenvalue weighted by Gasteiger charge is -2.36. The van der Waals surface area contributed by atoms with Gasteiger partial charge in [0.15, 0.2) is 0 Å². The van der Waals surface area contributed by atoms with Gasteiger partial charge in [-0.25, -0.2) is 13.1 Å². The second-order valence-corrected chi connectivity index (χ2v) is 6.66. The summed E-state index contributed by atoms with van der Waals surface area (Å²) in [6, 6.07) is 0.244. The van der Waals surface area contributed by atoms with E-state index in [1.54, 1.807) is 0 Å². The van der Waals surface area contributed by atoms with Gasteiger partial charge in [-0.05, 0) is 39.0 Å². The van der Waals surface area contributed by atoms with Crippen LogP contribution in [0.3, 0.4) is 0 Å². The molecule has 1 rings (SSSR count). The van der Waals surface area contributed by atoms with Crippen LogP contribution in [0, 0.1) is 0 Å². The van der Waals surface area contributed by atoms with Crippen molar-refractivity contribution in [3.05, 3.63) is 0 Å². The van der Waals surface area contributed by atoms with E-state index in [2.05, 4.69) is 4.72 Å². The van der Waals surface area contributed by atoms with Gasteiger partial charge in [-0.15, -0.1) is 0 Å². The van der Waals surface area contributed by atoms with E-state index >= 15 is 0 Å². The second kappa shape index (κ2) is 4.80. The Morgan fingerprint density at radius 1 is 1.40 bits per heavy atom. The monoisotopic (exact) mass is 234 g/mol. The zero-order valence-electron chi connectivity index (χ0n) is 9.62. The molecule has 3 N–H and O–H groups in total. The normalized spacial score (nSPS) is 32.9. The van der Waals surface area contributed by atoms with Crippen LogP contribution in [0.2, 0.25) is 0 Å². The molecule has 0 amide bonds. The number of hydrogen-bond donors (Lipinski definition) is 2. The summed E-state index contributed by atoms with van der Waals surface area (Å²) in [4.78, 5) is 0. The van der Waals surface area contributed by atoms with E-state index in [1.165, 1.54) is 0 Å². The predicted octanol–water partition coefficient (Wildman–Crippen LogP) is 0.976. The third-order valence-corrected chi connectivity index (χ3v) is 4.76. The van der Waals surface area contributed by atoms with E-state index < -0.39 is 10.0 Å². The van der Waals surface area contributed by atoms with E-state index in [9.17, 15) is 8.42 Å². The highest BCUT2D eigenvalue weighted by molar-refractivity contribution is 7.89. The van der Waals surface area contributed by atoms with Crippen molar-refractivity contribution >= 4 is 10.0 Å². The Bertz CT molecular complexity index is 293. The topological polar surface area (TPSA) is 72.2 Å². The van der Waals surface area contributed by atoms with Gasteiger partial charge < -0.3 is 5.73 Å². The van der Waals surface area contributed by atoms with Gasteiger partial charge in [-0.2, -0.15) is 0 Å². The molecular weight excluding hydrogens is 212 g/mol. The standard InChI is InChI=1S/C10H22N2O2S/c1-3-8-15(13,14)12-10(2)6-4-9(11)5-7-10/h9,12H,3-8,11H2,1-2H3. The molecule has 0 aromatic rings. The Kier molecular flexibility index (Phi) is 4.14. The molecule has 1 saturated carbocycles. The highest BCUT2D eigenvalue weighted by Gasteiger charge is 2.33. The molecule has 0 atom stereocenters. The fourth-order valence-electron chi connectivity index (χ4n) is 2.07. The van der Waals surface area contributed by atoms with Crippen LogP contribution in [0.4, 0.5) is 0 Å². The SMILES string of the molecule is CCCS(=O)(=O)NC1(C)CCC(N)CC1. The fraction of sp³-hybridized carbons (Fsp3) is 1.00. The maximum atomic E-state index is 11.6. The number of rotatable bonds is 4. The molecule has 0 spiro atoms. The zero-order valence-corrected chi connectivity index (χ0v) is 10.4. The van der Waals surface area contributed by atoms with Crippen LogP contribution in [-0.4, -0.2) is 25.8 Å². The van der Waals surface area contributed by atoms with Crippen molar-refractivity contribution in [1.29, 1.82) is 0 Å². The summed E-state index contributed by atoms with van der Waals surface area (Å²) in [6.45, 7) is 3.85. The van der Waals surface area contributed by atoms with E-state index in [-0.39, 0.29) is 17.3 Å². The first kappa shape index (κ1) is 12.9. The van der Waals surface area contributed by atoms with Crippen LogP contribution in [0.25, 0.3) is 0 Å². The Labute approximate surface area is 92.7 Å². The van der Waals surface area contributed by atoms with Gasteiger partial charge in [0.2, 0.25) is 10.0 Å². The lowest BCUT2D eigenvalue weighted by atomic mass is 9.82. The third-order valence-electron chi connectivity index (χ3n) is 3.01. The number of nitrogens with one attached hydrogen (secondary N) is 1. The second-order valence-electron chi connectivity index (χ2n) is 4.82. The molecule has 1 fully saturated rings. The molecule has 1 aliphatic rings. The molecular formula is C10H22N2O2S. The molecule has 0 aromatic heterocycles. The summed E-state index contributed by atoms with van der Waals surface area (Å²) in [6.07, 6.45) is 4.16. The first-order valence-corrected chi connectivity index (χ1v) is 7.29. The molecule has 1 aliphatic carbocycles. The van der Waals surface area contributed by atoms with Crippen LogP contribution >= 0.6 is 0 Å². The highest BCUT2D eigenvalue weighted by atomic mass is 32.2. The minimum atomic E-state index is -3.10.